The van der Waals surface area contributed by atoms with Crippen molar-refractivity contribution in [1.29, 1.82) is 5.41 Å². The molecule has 0 heterocycles. The first-order valence-corrected chi connectivity index (χ1v) is 4.80. The van der Waals surface area contributed by atoms with E-state index >= 15 is 0 Å². The maximum Gasteiger partial charge on any atom is 0.416 e. The molecule has 0 aliphatic heterocycles. The molecule has 0 unspecified atom stereocenters. The van der Waals surface area contributed by atoms with Crippen LogP contribution in [0.15, 0.2) is 30.3 Å². The summed E-state index contributed by atoms with van der Waals surface area (Å²) < 4.78 is 37.8. The third kappa shape index (κ3) is 3.93. The van der Waals surface area contributed by atoms with Crippen LogP contribution in [0.5, 0.6) is 0 Å². The van der Waals surface area contributed by atoms with Gasteiger partial charge >= 0.3 is 6.18 Å². The molecule has 0 spiro atoms. The molecule has 0 aromatic heterocycles. The van der Waals surface area contributed by atoms with Crippen molar-refractivity contribution in [3.05, 3.63) is 41.5 Å². The van der Waals surface area contributed by atoms with Gasteiger partial charge in [-0.15, -0.1) is 0 Å². The fourth-order valence-electron chi connectivity index (χ4n) is 1.24. The zero-order valence-electron chi connectivity index (χ0n) is 9.08. The Labute approximate surface area is 101 Å². The summed E-state index contributed by atoms with van der Waals surface area (Å²) in [5.41, 5.74) is 3.93. The molecule has 1 aromatic carbocycles. The first-order chi connectivity index (χ1) is 8.30. The number of hydrogen-bond donors (Lipinski definition) is 3. The van der Waals surface area contributed by atoms with E-state index in [0.29, 0.717) is 0 Å². The van der Waals surface area contributed by atoms with Crippen LogP contribution in [-0.2, 0) is 11.0 Å². The molecule has 1 amide bonds. The first-order valence-electron chi connectivity index (χ1n) is 4.80. The van der Waals surface area contributed by atoms with Crippen LogP contribution in [0.2, 0.25) is 0 Å². The van der Waals surface area contributed by atoms with Gasteiger partial charge < -0.3 is 5.73 Å². The normalized spacial score (nSPS) is 11.5. The van der Waals surface area contributed by atoms with Gasteiger partial charge in [-0.25, -0.2) is 0 Å². The molecule has 0 radical (unpaired) electrons. The number of carbonyl (C=O) groups is 1. The van der Waals surface area contributed by atoms with E-state index in [1.165, 1.54) is 18.2 Å². The highest BCUT2D eigenvalue weighted by Crippen LogP contribution is 2.32. The van der Waals surface area contributed by atoms with Crippen molar-refractivity contribution in [3.8, 4) is 0 Å². The van der Waals surface area contributed by atoms with Crippen molar-refractivity contribution in [2.75, 3.05) is 0 Å². The highest BCUT2D eigenvalue weighted by molar-refractivity contribution is 6.02. The summed E-state index contributed by atoms with van der Waals surface area (Å²) in [5.74, 6) is -1.34. The Balaban J connectivity index is 2.95. The molecule has 4 N–H and O–H groups in total. The number of nitrogens with one attached hydrogen (secondary N) is 2. The van der Waals surface area contributed by atoms with E-state index in [1.54, 1.807) is 0 Å². The standard InChI is InChI=1S/C11H10F3N3O/c12-11(13,14)8-4-2-1-3-7(8)5-6-9(18)17-10(15)16/h1-6H,(H4,15,16,17,18). The molecule has 0 aliphatic carbocycles. The number of hydrogen-bond acceptors (Lipinski definition) is 2. The Morgan fingerprint density at radius 2 is 1.94 bits per heavy atom. The summed E-state index contributed by atoms with van der Waals surface area (Å²) in [6, 6.07) is 4.84. The Bertz CT molecular complexity index is 495. The van der Waals surface area contributed by atoms with E-state index in [4.69, 9.17) is 11.1 Å². The lowest BCUT2D eigenvalue weighted by molar-refractivity contribution is -0.137. The number of amides is 1. The van der Waals surface area contributed by atoms with E-state index in [0.717, 1.165) is 18.2 Å². The first kappa shape index (κ1) is 13.8. The highest BCUT2D eigenvalue weighted by atomic mass is 19.4. The monoisotopic (exact) mass is 257 g/mol. The zero-order valence-corrected chi connectivity index (χ0v) is 9.08. The number of carbonyl (C=O) groups excluding carboxylic acids is 1. The quantitative estimate of drug-likeness (QED) is 0.428. The maximum atomic E-state index is 12.6. The summed E-state index contributed by atoms with van der Waals surface area (Å²) >= 11 is 0. The van der Waals surface area contributed by atoms with Crippen molar-refractivity contribution >= 4 is 17.9 Å². The minimum absolute atomic E-state index is 0.135. The summed E-state index contributed by atoms with van der Waals surface area (Å²) in [6.07, 6.45) is -2.59. The molecule has 18 heavy (non-hydrogen) atoms. The van der Waals surface area contributed by atoms with E-state index in [1.807, 2.05) is 5.32 Å². The van der Waals surface area contributed by atoms with Crippen LogP contribution in [0, 0.1) is 5.41 Å². The molecule has 1 rings (SSSR count). The number of nitrogens with two attached hydrogens (primary N) is 1. The van der Waals surface area contributed by atoms with Crippen LogP contribution in [0.1, 0.15) is 11.1 Å². The third-order valence-corrected chi connectivity index (χ3v) is 1.94. The van der Waals surface area contributed by atoms with E-state index < -0.39 is 23.6 Å². The number of benzene rings is 1. The van der Waals surface area contributed by atoms with Gasteiger partial charge in [0.1, 0.15) is 0 Å². The van der Waals surface area contributed by atoms with Gasteiger partial charge in [-0.1, -0.05) is 18.2 Å². The largest absolute Gasteiger partial charge is 0.416 e. The molecule has 7 heteroatoms. The van der Waals surface area contributed by atoms with Crippen molar-refractivity contribution in [1.82, 2.24) is 5.32 Å². The average molecular weight is 257 g/mol. The average Bonchev–Trinajstić information content (AvgIpc) is 2.24. The van der Waals surface area contributed by atoms with Crippen molar-refractivity contribution in [2.24, 2.45) is 5.73 Å². The van der Waals surface area contributed by atoms with Gasteiger partial charge in [0, 0.05) is 6.08 Å². The van der Waals surface area contributed by atoms with Crippen LogP contribution in [0.25, 0.3) is 6.08 Å². The molecule has 0 saturated heterocycles. The molecule has 0 bridgehead atoms. The molecule has 0 fully saturated rings. The molecular weight excluding hydrogens is 247 g/mol. The predicted octanol–water partition coefficient (Wildman–Crippen LogP) is 1.73. The summed E-state index contributed by atoms with van der Waals surface area (Å²) in [6.45, 7) is 0. The van der Waals surface area contributed by atoms with Crippen LogP contribution in [0.3, 0.4) is 0 Å². The van der Waals surface area contributed by atoms with Gasteiger partial charge in [-0.2, -0.15) is 13.2 Å². The van der Waals surface area contributed by atoms with E-state index in [2.05, 4.69) is 0 Å². The summed E-state index contributed by atoms with van der Waals surface area (Å²) in [4.78, 5) is 11.1. The molecule has 96 valence electrons. The second kappa shape index (κ2) is 5.35. The second-order valence-electron chi connectivity index (χ2n) is 3.32. The predicted molar refractivity (Wildman–Crippen MR) is 60.5 cm³/mol. The van der Waals surface area contributed by atoms with Crippen molar-refractivity contribution in [2.45, 2.75) is 6.18 Å². The van der Waals surface area contributed by atoms with Gasteiger partial charge in [0.25, 0.3) is 5.91 Å². The minimum Gasteiger partial charge on any atom is -0.370 e. The summed E-state index contributed by atoms with van der Waals surface area (Å²) in [7, 11) is 0. The SMILES string of the molecule is N=C(N)NC(=O)C=Cc1ccccc1C(F)(F)F. The number of halogens is 3. The summed E-state index contributed by atoms with van der Waals surface area (Å²) in [5, 5.41) is 8.71. The minimum atomic E-state index is -4.49. The van der Waals surface area contributed by atoms with Gasteiger partial charge in [0.2, 0.25) is 0 Å². The van der Waals surface area contributed by atoms with Crippen LogP contribution in [-0.4, -0.2) is 11.9 Å². The Morgan fingerprint density at radius 1 is 1.33 bits per heavy atom. The highest BCUT2D eigenvalue weighted by Gasteiger charge is 2.32. The fraction of sp³-hybridized carbons (Fsp3) is 0.0909. The van der Waals surface area contributed by atoms with E-state index in [9.17, 15) is 18.0 Å². The Morgan fingerprint density at radius 3 is 2.50 bits per heavy atom. The molecule has 0 atom stereocenters. The lowest BCUT2D eigenvalue weighted by Gasteiger charge is -2.09. The van der Waals surface area contributed by atoms with Gasteiger partial charge in [-0.3, -0.25) is 15.5 Å². The molecule has 0 saturated carbocycles. The van der Waals surface area contributed by atoms with E-state index in [-0.39, 0.29) is 5.56 Å². The number of guanidine groups is 1. The van der Waals surface area contributed by atoms with Gasteiger partial charge in [0.15, 0.2) is 5.96 Å². The van der Waals surface area contributed by atoms with Crippen LogP contribution in [0.4, 0.5) is 13.2 Å². The number of alkyl halides is 3. The zero-order chi connectivity index (χ0) is 13.8. The lowest BCUT2D eigenvalue weighted by atomic mass is 10.1. The second-order valence-corrected chi connectivity index (χ2v) is 3.32. The van der Waals surface area contributed by atoms with Gasteiger partial charge in [0.05, 0.1) is 5.56 Å². The lowest BCUT2D eigenvalue weighted by Crippen LogP contribution is -2.34. The number of rotatable bonds is 2. The van der Waals surface area contributed by atoms with Crippen molar-refractivity contribution in [3.63, 3.8) is 0 Å². The third-order valence-electron chi connectivity index (χ3n) is 1.94. The fourth-order valence-corrected chi connectivity index (χ4v) is 1.24. The van der Waals surface area contributed by atoms with Crippen molar-refractivity contribution < 1.29 is 18.0 Å². The Kier molecular flexibility index (Phi) is 4.09. The molecule has 1 aromatic rings. The Hall–Kier alpha value is -2.31. The van der Waals surface area contributed by atoms with Gasteiger partial charge in [-0.05, 0) is 17.7 Å². The smallest absolute Gasteiger partial charge is 0.370 e. The van der Waals surface area contributed by atoms with Crippen LogP contribution >= 0.6 is 0 Å². The maximum absolute atomic E-state index is 12.6. The molecule has 0 aliphatic rings. The molecular formula is C11H10F3N3O. The van der Waals surface area contributed by atoms with Crippen LogP contribution < -0.4 is 11.1 Å². The molecule has 4 nitrogen and oxygen atoms in total. The topological polar surface area (TPSA) is 79.0 Å².